The molecule has 0 radical (unpaired) electrons. The number of carbonyl (C=O) groups is 1. The molecule has 0 spiro atoms. The summed E-state index contributed by atoms with van der Waals surface area (Å²) >= 11 is 1.64. The fourth-order valence-corrected chi connectivity index (χ4v) is 4.19. The predicted molar refractivity (Wildman–Crippen MR) is 110 cm³/mol. The minimum absolute atomic E-state index is 0.153. The molecule has 0 N–H and O–H groups in total. The van der Waals surface area contributed by atoms with Gasteiger partial charge in [-0.25, -0.2) is 14.8 Å². The highest BCUT2D eigenvalue weighted by molar-refractivity contribution is 7.09. The molecule has 4 heterocycles. The quantitative estimate of drug-likeness (QED) is 0.614. The molecule has 4 rings (SSSR count). The van der Waals surface area contributed by atoms with Crippen molar-refractivity contribution in [3.8, 4) is 0 Å². The van der Waals surface area contributed by atoms with Gasteiger partial charge in [0.1, 0.15) is 5.65 Å². The van der Waals surface area contributed by atoms with Gasteiger partial charge < -0.3 is 4.90 Å². The molecule has 0 aromatic carbocycles. The van der Waals surface area contributed by atoms with Crippen LogP contribution >= 0.6 is 11.3 Å². The van der Waals surface area contributed by atoms with E-state index in [0.717, 1.165) is 34.9 Å². The van der Waals surface area contributed by atoms with Gasteiger partial charge in [-0.3, -0.25) is 23.6 Å². The van der Waals surface area contributed by atoms with E-state index in [1.165, 1.54) is 23.9 Å². The van der Waals surface area contributed by atoms with Crippen LogP contribution in [0.5, 0.6) is 0 Å². The van der Waals surface area contributed by atoms with Crippen LogP contribution in [0, 0.1) is 6.92 Å². The molecule has 3 aromatic rings. The van der Waals surface area contributed by atoms with Crippen LogP contribution in [0.4, 0.5) is 0 Å². The Morgan fingerprint density at radius 1 is 1.14 bits per heavy atom. The van der Waals surface area contributed by atoms with E-state index in [2.05, 4.69) is 20.2 Å². The van der Waals surface area contributed by atoms with Gasteiger partial charge in [-0.15, -0.1) is 11.3 Å². The van der Waals surface area contributed by atoms with Gasteiger partial charge in [-0.2, -0.15) is 0 Å². The zero-order chi connectivity index (χ0) is 20.7. The molecule has 1 fully saturated rings. The number of hydrogen-bond donors (Lipinski definition) is 0. The fraction of sp³-hybridized carbons (Fsp3) is 0.421. The lowest BCUT2D eigenvalue weighted by molar-refractivity contribution is 0.0627. The van der Waals surface area contributed by atoms with Gasteiger partial charge >= 0.3 is 5.69 Å². The minimum atomic E-state index is -0.450. The van der Waals surface area contributed by atoms with Gasteiger partial charge in [-0.1, -0.05) is 0 Å². The number of rotatable bonds is 3. The molecule has 1 amide bonds. The summed E-state index contributed by atoms with van der Waals surface area (Å²) in [6.45, 7) is 5.51. The SMILES string of the molecule is Cc1nc(CN2CCN(C(=O)c3cnc4c(c3)c(=O)n(C)c(=O)n4C)CC2)cs1. The van der Waals surface area contributed by atoms with E-state index >= 15 is 0 Å². The molecule has 152 valence electrons. The predicted octanol–water partition coefficient (Wildman–Crippen LogP) is 0.355. The average Bonchev–Trinajstić information content (AvgIpc) is 3.14. The first kappa shape index (κ1) is 19.5. The Morgan fingerprint density at radius 2 is 1.86 bits per heavy atom. The molecular weight excluding hydrogens is 392 g/mol. The highest BCUT2D eigenvalue weighted by Crippen LogP contribution is 2.15. The van der Waals surface area contributed by atoms with Crippen molar-refractivity contribution in [1.29, 1.82) is 0 Å². The summed E-state index contributed by atoms with van der Waals surface area (Å²) in [5.74, 6) is -0.153. The number of piperazine rings is 1. The molecule has 0 aliphatic carbocycles. The number of pyridine rings is 1. The van der Waals surface area contributed by atoms with E-state index in [1.807, 2.05) is 6.92 Å². The van der Waals surface area contributed by atoms with Gasteiger partial charge in [0, 0.05) is 58.4 Å². The lowest BCUT2D eigenvalue weighted by Crippen LogP contribution is -2.48. The largest absolute Gasteiger partial charge is 0.336 e. The molecule has 1 saturated heterocycles. The van der Waals surface area contributed by atoms with Crippen LogP contribution in [-0.4, -0.2) is 61.0 Å². The lowest BCUT2D eigenvalue weighted by atomic mass is 10.2. The summed E-state index contributed by atoms with van der Waals surface area (Å²) < 4.78 is 2.33. The number of hydrogen-bond acceptors (Lipinski definition) is 7. The number of fused-ring (bicyclic) bond motifs is 1. The first-order chi connectivity index (χ1) is 13.8. The maximum Gasteiger partial charge on any atom is 0.332 e. The monoisotopic (exact) mass is 414 g/mol. The lowest BCUT2D eigenvalue weighted by Gasteiger charge is -2.34. The third-order valence-electron chi connectivity index (χ3n) is 5.25. The molecule has 0 unspecified atom stereocenters. The first-order valence-corrected chi connectivity index (χ1v) is 10.2. The van der Waals surface area contributed by atoms with Crippen molar-refractivity contribution in [2.24, 2.45) is 14.1 Å². The normalized spacial score (nSPS) is 15.2. The summed E-state index contributed by atoms with van der Waals surface area (Å²) in [5, 5.41) is 3.39. The first-order valence-electron chi connectivity index (χ1n) is 9.33. The molecule has 10 heteroatoms. The smallest absolute Gasteiger partial charge is 0.332 e. The van der Waals surface area contributed by atoms with E-state index in [4.69, 9.17) is 0 Å². The van der Waals surface area contributed by atoms with E-state index in [1.54, 1.807) is 23.3 Å². The molecule has 0 bridgehead atoms. The second kappa shape index (κ2) is 7.53. The van der Waals surface area contributed by atoms with Crippen molar-refractivity contribution in [2.75, 3.05) is 26.2 Å². The number of nitrogens with zero attached hydrogens (tertiary/aromatic N) is 6. The molecule has 0 atom stereocenters. The van der Waals surface area contributed by atoms with E-state index in [9.17, 15) is 14.4 Å². The van der Waals surface area contributed by atoms with Crippen molar-refractivity contribution in [1.82, 2.24) is 28.9 Å². The summed E-state index contributed by atoms with van der Waals surface area (Å²) in [5.41, 5.74) is 0.802. The summed E-state index contributed by atoms with van der Waals surface area (Å²) in [7, 11) is 2.98. The van der Waals surface area contributed by atoms with Crippen LogP contribution in [0.25, 0.3) is 11.0 Å². The van der Waals surface area contributed by atoms with Crippen molar-refractivity contribution >= 4 is 28.3 Å². The summed E-state index contributed by atoms with van der Waals surface area (Å²) in [6.07, 6.45) is 1.44. The van der Waals surface area contributed by atoms with Crippen LogP contribution in [0.15, 0.2) is 27.2 Å². The van der Waals surface area contributed by atoms with Crippen molar-refractivity contribution in [3.05, 3.63) is 54.7 Å². The fourth-order valence-electron chi connectivity index (χ4n) is 3.58. The number of aryl methyl sites for hydroxylation is 2. The third-order valence-corrected chi connectivity index (χ3v) is 6.07. The molecule has 9 nitrogen and oxygen atoms in total. The van der Waals surface area contributed by atoms with Gasteiger partial charge in [0.05, 0.1) is 21.7 Å². The van der Waals surface area contributed by atoms with E-state index in [-0.39, 0.29) is 16.9 Å². The average molecular weight is 414 g/mol. The summed E-state index contributed by atoms with van der Waals surface area (Å²) in [6, 6.07) is 1.54. The third kappa shape index (κ3) is 3.60. The van der Waals surface area contributed by atoms with Crippen LogP contribution < -0.4 is 11.2 Å². The Balaban J connectivity index is 1.51. The molecule has 0 saturated carbocycles. The van der Waals surface area contributed by atoms with Crippen molar-refractivity contribution in [3.63, 3.8) is 0 Å². The zero-order valence-corrected chi connectivity index (χ0v) is 17.4. The second-order valence-electron chi connectivity index (χ2n) is 7.23. The Bertz CT molecular complexity index is 1200. The maximum absolute atomic E-state index is 12.9. The Morgan fingerprint density at radius 3 is 2.52 bits per heavy atom. The van der Waals surface area contributed by atoms with Crippen LogP contribution in [-0.2, 0) is 20.6 Å². The minimum Gasteiger partial charge on any atom is -0.336 e. The van der Waals surface area contributed by atoms with Gasteiger partial charge in [0.2, 0.25) is 0 Å². The van der Waals surface area contributed by atoms with E-state index < -0.39 is 11.2 Å². The maximum atomic E-state index is 12.9. The van der Waals surface area contributed by atoms with Crippen LogP contribution in [0.1, 0.15) is 21.1 Å². The Kier molecular flexibility index (Phi) is 5.05. The number of aromatic nitrogens is 4. The van der Waals surface area contributed by atoms with Gasteiger partial charge in [0.25, 0.3) is 11.5 Å². The van der Waals surface area contributed by atoms with Crippen LogP contribution in [0.3, 0.4) is 0 Å². The standard InChI is InChI=1S/C19H22N6O3S/c1-12-21-14(11-29-12)10-24-4-6-25(7-5-24)17(26)13-8-15-16(20-9-13)22(2)19(28)23(3)18(15)27/h8-9,11H,4-7,10H2,1-3H3. The summed E-state index contributed by atoms with van der Waals surface area (Å²) in [4.78, 5) is 50.2. The zero-order valence-electron chi connectivity index (χ0n) is 16.6. The highest BCUT2D eigenvalue weighted by atomic mass is 32.1. The molecule has 3 aromatic heterocycles. The van der Waals surface area contributed by atoms with Crippen molar-refractivity contribution < 1.29 is 4.79 Å². The Hall–Kier alpha value is -2.85. The van der Waals surface area contributed by atoms with Gasteiger partial charge in [-0.05, 0) is 13.0 Å². The second-order valence-corrected chi connectivity index (χ2v) is 8.29. The Labute approximate surface area is 170 Å². The molecular formula is C19H22N6O3S. The van der Waals surface area contributed by atoms with Crippen molar-refractivity contribution in [2.45, 2.75) is 13.5 Å². The van der Waals surface area contributed by atoms with E-state index in [0.29, 0.717) is 18.7 Å². The molecule has 1 aliphatic rings. The topological polar surface area (TPSA) is 93.3 Å². The molecule has 29 heavy (non-hydrogen) atoms. The number of thiazole rings is 1. The molecule has 1 aliphatic heterocycles. The van der Waals surface area contributed by atoms with Gasteiger partial charge in [0.15, 0.2) is 0 Å². The highest BCUT2D eigenvalue weighted by Gasteiger charge is 2.23. The number of amides is 1. The number of carbonyl (C=O) groups excluding carboxylic acids is 1. The van der Waals surface area contributed by atoms with Crippen LogP contribution in [0.2, 0.25) is 0 Å².